The highest BCUT2D eigenvalue weighted by Gasteiger charge is 2.16. The van der Waals surface area contributed by atoms with Crippen LogP contribution in [0.4, 0.5) is 0 Å². The number of para-hydroxylation sites is 2. The Kier molecular flexibility index (Phi) is 5.57. The van der Waals surface area contributed by atoms with Gasteiger partial charge in [0.05, 0.1) is 11.0 Å². The Bertz CT molecular complexity index is 3120. The molecule has 0 aliphatic rings. The molecule has 0 aliphatic carbocycles. The fourth-order valence-electron chi connectivity index (χ4n) is 7.89. The normalized spacial score (nSPS) is 12.1. The maximum atomic E-state index is 6.18. The van der Waals surface area contributed by atoms with Crippen LogP contribution in [-0.2, 0) is 0 Å². The predicted octanol–water partition coefficient (Wildman–Crippen LogP) is 13.5. The molecule has 228 valence electrons. The van der Waals surface area contributed by atoms with E-state index >= 15 is 0 Å². The molecule has 8 aromatic carbocycles. The second kappa shape index (κ2) is 10.2. The van der Waals surface area contributed by atoms with Crippen molar-refractivity contribution in [1.82, 2.24) is 4.57 Å². The summed E-state index contributed by atoms with van der Waals surface area (Å²) in [6, 6.07) is 59.6. The molecule has 0 N–H and O–H groups in total. The van der Waals surface area contributed by atoms with E-state index in [0.717, 1.165) is 16.6 Å². The molecule has 49 heavy (non-hydrogen) atoms. The summed E-state index contributed by atoms with van der Waals surface area (Å²) in [7, 11) is 0. The minimum absolute atomic E-state index is 0.923. The molecule has 11 rings (SSSR count). The standard InChI is InChI=1S/C46H27NOS/c1-4-12-40-35(8-1)38-26-31(20-22-41(38)47(40)33-21-23-45-39(27-33)36-9-3-6-15-44(36)49-45)29-16-17-30-25-32(19-18-28(30)24-29)34-11-7-14-43-46(34)37-10-2-5-13-42(37)48-43/h1-27H. The van der Waals surface area contributed by atoms with E-state index in [9.17, 15) is 0 Å². The Balaban J connectivity index is 1.03. The van der Waals surface area contributed by atoms with Gasteiger partial charge in [0, 0.05) is 47.4 Å². The molecule has 0 spiro atoms. The van der Waals surface area contributed by atoms with E-state index < -0.39 is 0 Å². The molecule has 3 heterocycles. The monoisotopic (exact) mass is 641 g/mol. The molecule has 0 amide bonds. The van der Waals surface area contributed by atoms with Crippen LogP contribution in [0.5, 0.6) is 0 Å². The van der Waals surface area contributed by atoms with Crippen LogP contribution in [0.3, 0.4) is 0 Å². The number of aromatic nitrogens is 1. The SMILES string of the molecule is c1ccc2c(c1)oc1cccc(-c3ccc4cc(-c5ccc6c(c5)c5ccccc5n6-c5ccc6sc7ccccc7c6c5)ccc4c3)c12. The molecule has 0 unspecified atom stereocenters. The second-order valence-corrected chi connectivity index (χ2v) is 14.0. The molecule has 2 nitrogen and oxygen atoms in total. The molecule has 0 bridgehead atoms. The van der Waals surface area contributed by atoms with Gasteiger partial charge in [0.25, 0.3) is 0 Å². The van der Waals surface area contributed by atoms with E-state index in [1.165, 1.54) is 86.1 Å². The molecule has 0 saturated heterocycles. The Hall–Kier alpha value is -6.16. The molecule has 0 fully saturated rings. The van der Waals surface area contributed by atoms with E-state index in [-0.39, 0.29) is 0 Å². The number of benzene rings is 8. The first kappa shape index (κ1) is 26.9. The van der Waals surface area contributed by atoms with E-state index in [0.29, 0.717) is 0 Å². The fourth-order valence-corrected chi connectivity index (χ4v) is 8.98. The molecule has 3 heteroatoms. The summed E-state index contributed by atoms with van der Waals surface area (Å²) in [5.41, 5.74) is 10.3. The molecule has 3 aromatic heterocycles. The summed E-state index contributed by atoms with van der Waals surface area (Å²) in [5, 5.41) is 9.94. The van der Waals surface area contributed by atoms with Gasteiger partial charge >= 0.3 is 0 Å². The van der Waals surface area contributed by atoms with Crippen molar-refractivity contribution in [2.24, 2.45) is 0 Å². The largest absolute Gasteiger partial charge is 0.456 e. The quantitative estimate of drug-likeness (QED) is 0.188. The van der Waals surface area contributed by atoms with Gasteiger partial charge in [-0.1, -0.05) is 97.1 Å². The minimum atomic E-state index is 0.923. The van der Waals surface area contributed by atoms with Gasteiger partial charge in [0.1, 0.15) is 11.2 Å². The smallest absolute Gasteiger partial charge is 0.136 e. The Labute approximate surface area is 285 Å². The first-order valence-corrected chi connectivity index (χ1v) is 17.5. The van der Waals surface area contributed by atoms with Crippen LogP contribution in [0.15, 0.2) is 168 Å². The topological polar surface area (TPSA) is 18.1 Å². The Morgan fingerprint density at radius 1 is 0.408 bits per heavy atom. The van der Waals surface area contributed by atoms with Gasteiger partial charge < -0.3 is 8.98 Å². The summed E-state index contributed by atoms with van der Waals surface area (Å²) in [6.45, 7) is 0. The molecule has 0 aliphatic heterocycles. The third-order valence-electron chi connectivity index (χ3n) is 10.2. The van der Waals surface area contributed by atoms with Crippen LogP contribution >= 0.6 is 11.3 Å². The maximum Gasteiger partial charge on any atom is 0.136 e. The zero-order valence-electron chi connectivity index (χ0n) is 26.4. The lowest BCUT2D eigenvalue weighted by atomic mass is 9.95. The van der Waals surface area contributed by atoms with Gasteiger partial charge in [-0.05, 0) is 99.8 Å². The van der Waals surface area contributed by atoms with Crippen molar-refractivity contribution in [2.45, 2.75) is 0 Å². The van der Waals surface area contributed by atoms with Crippen LogP contribution in [0.2, 0.25) is 0 Å². The highest BCUT2D eigenvalue weighted by Crippen LogP contribution is 2.40. The summed E-state index contributed by atoms with van der Waals surface area (Å²) >= 11 is 1.86. The number of hydrogen-bond acceptors (Lipinski definition) is 2. The average molecular weight is 642 g/mol. The first-order chi connectivity index (χ1) is 24.3. The average Bonchev–Trinajstić information content (AvgIpc) is 3.83. The zero-order valence-corrected chi connectivity index (χ0v) is 27.2. The first-order valence-electron chi connectivity index (χ1n) is 16.7. The maximum absolute atomic E-state index is 6.18. The van der Waals surface area contributed by atoms with E-state index in [2.05, 4.69) is 156 Å². The summed E-state index contributed by atoms with van der Waals surface area (Å²) in [4.78, 5) is 0. The van der Waals surface area contributed by atoms with Crippen LogP contribution in [0.25, 0.3) is 103 Å². The lowest BCUT2D eigenvalue weighted by Crippen LogP contribution is -1.93. The van der Waals surface area contributed by atoms with Crippen molar-refractivity contribution in [2.75, 3.05) is 0 Å². The molecular weight excluding hydrogens is 615 g/mol. The van der Waals surface area contributed by atoms with Crippen molar-refractivity contribution in [3.63, 3.8) is 0 Å². The molecule has 0 saturated carbocycles. The fraction of sp³-hybridized carbons (Fsp3) is 0. The van der Waals surface area contributed by atoms with Gasteiger partial charge in [0.15, 0.2) is 0 Å². The number of thiophene rings is 1. The highest BCUT2D eigenvalue weighted by atomic mass is 32.1. The number of nitrogens with zero attached hydrogens (tertiary/aromatic N) is 1. The van der Waals surface area contributed by atoms with Crippen molar-refractivity contribution in [3.8, 4) is 27.9 Å². The van der Waals surface area contributed by atoms with Gasteiger partial charge in [0.2, 0.25) is 0 Å². The van der Waals surface area contributed by atoms with Gasteiger partial charge in [-0.3, -0.25) is 0 Å². The van der Waals surface area contributed by atoms with Gasteiger partial charge in [-0.25, -0.2) is 0 Å². The van der Waals surface area contributed by atoms with Crippen LogP contribution in [0.1, 0.15) is 0 Å². The lowest BCUT2D eigenvalue weighted by Gasteiger charge is -2.10. The van der Waals surface area contributed by atoms with Crippen molar-refractivity contribution >= 4 is 86.0 Å². The lowest BCUT2D eigenvalue weighted by molar-refractivity contribution is 0.669. The van der Waals surface area contributed by atoms with E-state index in [1.54, 1.807) is 0 Å². The van der Waals surface area contributed by atoms with E-state index in [1.807, 2.05) is 23.5 Å². The van der Waals surface area contributed by atoms with Crippen molar-refractivity contribution in [3.05, 3.63) is 164 Å². The molecule has 0 atom stereocenters. The van der Waals surface area contributed by atoms with E-state index in [4.69, 9.17) is 4.42 Å². The van der Waals surface area contributed by atoms with Crippen molar-refractivity contribution < 1.29 is 4.42 Å². The third kappa shape index (κ3) is 4.00. The molecular formula is C46H27NOS. The summed E-state index contributed by atoms with van der Waals surface area (Å²) in [6.07, 6.45) is 0. The summed E-state index contributed by atoms with van der Waals surface area (Å²) < 4.78 is 11.3. The number of furan rings is 1. The van der Waals surface area contributed by atoms with Crippen LogP contribution in [-0.4, -0.2) is 4.57 Å². The van der Waals surface area contributed by atoms with Crippen LogP contribution < -0.4 is 0 Å². The highest BCUT2D eigenvalue weighted by molar-refractivity contribution is 7.25. The Morgan fingerprint density at radius 3 is 2.00 bits per heavy atom. The second-order valence-electron chi connectivity index (χ2n) is 12.9. The van der Waals surface area contributed by atoms with Crippen LogP contribution in [0, 0.1) is 0 Å². The summed E-state index contributed by atoms with van der Waals surface area (Å²) in [5.74, 6) is 0. The number of fused-ring (bicyclic) bond motifs is 10. The third-order valence-corrected chi connectivity index (χ3v) is 11.3. The predicted molar refractivity (Wildman–Crippen MR) is 209 cm³/mol. The molecule has 11 aromatic rings. The number of rotatable bonds is 3. The van der Waals surface area contributed by atoms with Gasteiger partial charge in [-0.15, -0.1) is 11.3 Å². The zero-order chi connectivity index (χ0) is 32.1. The van der Waals surface area contributed by atoms with Crippen molar-refractivity contribution in [1.29, 1.82) is 0 Å². The van der Waals surface area contributed by atoms with Gasteiger partial charge in [-0.2, -0.15) is 0 Å². The number of hydrogen-bond donors (Lipinski definition) is 0. The minimum Gasteiger partial charge on any atom is -0.456 e. The Morgan fingerprint density at radius 2 is 1.08 bits per heavy atom. The molecule has 0 radical (unpaired) electrons.